The van der Waals surface area contributed by atoms with Gasteiger partial charge in [0.05, 0.1) is 6.61 Å². The van der Waals surface area contributed by atoms with Gasteiger partial charge in [-0.25, -0.2) is 0 Å². The van der Waals surface area contributed by atoms with Gasteiger partial charge in [-0.1, -0.05) is 130 Å². The summed E-state index contributed by atoms with van der Waals surface area (Å²) < 4.78 is 11.1. The summed E-state index contributed by atoms with van der Waals surface area (Å²) in [6, 6.07) is 0. The number of carbonyl (C=O) groups is 2. The lowest BCUT2D eigenvalue weighted by molar-refractivity contribution is -0.150. The average Bonchev–Trinajstić information content (AvgIpc) is 3.10. The molecule has 0 aliphatic rings. The summed E-state index contributed by atoms with van der Waals surface area (Å²) in [6.07, 6.45) is 33.1. The van der Waals surface area contributed by atoms with E-state index in [0.717, 1.165) is 110 Å². The van der Waals surface area contributed by atoms with Crippen LogP contribution in [-0.4, -0.2) is 60.9 Å². The molecule has 1 N–H and O–H groups in total. The van der Waals surface area contributed by atoms with Crippen LogP contribution in [0, 0.1) is 11.8 Å². The SMILES string of the molecule is CCCCC#CCCCOC(=O)CCCCCCCCCCCCCN(CCCO)CCCCCCCC(=O)OC(CCCC)CCCC. The molecule has 0 aromatic heterocycles. The van der Waals surface area contributed by atoms with Gasteiger partial charge in [-0.3, -0.25) is 9.59 Å². The normalized spacial score (nSPS) is 11.2. The van der Waals surface area contributed by atoms with Crippen LogP contribution in [0.3, 0.4) is 0 Å². The molecule has 0 rings (SSSR count). The van der Waals surface area contributed by atoms with E-state index in [1.54, 1.807) is 0 Å². The van der Waals surface area contributed by atoms with Gasteiger partial charge in [0.2, 0.25) is 0 Å². The van der Waals surface area contributed by atoms with Crippen molar-refractivity contribution in [2.45, 2.75) is 219 Å². The molecule has 0 aromatic carbocycles. The number of rotatable bonds is 37. The van der Waals surface area contributed by atoms with Crippen LogP contribution in [0.2, 0.25) is 0 Å². The summed E-state index contributed by atoms with van der Waals surface area (Å²) in [5, 5.41) is 9.34. The van der Waals surface area contributed by atoms with Crippen molar-refractivity contribution in [1.82, 2.24) is 4.90 Å². The van der Waals surface area contributed by atoms with E-state index in [2.05, 4.69) is 37.5 Å². The molecule has 0 unspecified atom stereocenters. The third-order valence-corrected chi connectivity index (χ3v) is 9.39. The highest BCUT2D eigenvalue weighted by Gasteiger charge is 2.13. The molecule has 0 aliphatic carbocycles. The minimum absolute atomic E-state index is 0.000789. The second kappa shape index (κ2) is 39.2. The summed E-state index contributed by atoms with van der Waals surface area (Å²) in [5.74, 6) is 6.29. The first kappa shape index (κ1) is 47.4. The van der Waals surface area contributed by atoms with Crippen molar-refractivity contribution < 1.29 is 24.2 Å². The molecule has 0 fully saturated rings. The zero-order chi connectivity index (χ0) is 35.9. The molecular formula is C43H81NO5. The van der Waals surface area contributed by atoms with E-state index < -0.39 is 0 Å². The molecule has 0 bridgehead atoms. The maximum Gasteiger partial charge on any atom is 0.306 e. The highest BCUT2D eigenvalue weighted by atomic mass is 16.5. The standard InChI is InChI=1S/C43H81NO5/c1-4-7-10-11-19-25-30-40-48-42(46)34-26-21-17-15-13-12-14-16-18-23-28-36-44(38-31-39-45)37-29-24-20-22-27-35-43(47)49-41(32-8-5-2)33-9-6-3/h41,45H,4-10,12-18,20-40H2,1-3H3. The predicted octanol–water partition coefficient (Wildman–Crippen LogP) is 11.5. The van der Waals surface area contributed by atoms with Crippen molar-refractivity contribution in [3.63, 3.8) is 0 Å². The third-order valence-electron chi connectivity index (χ3n) is 9.39. The molecule has 0 heterocycles. The van der Waals surface area contributed by atoms with Gasteiger partial charge in [0.25, 0.3) is 0 Å². The highest BCUT2D eigenvalue weighted by molar-refractivity contribution is 5.69. The van der Waals surface area contributed by atoms with E-state index in [1.807, 2.05) is 0 Å². The van der Waals surface area contributed by atoms with E-state index in [0.29, 0.717) is 19.4 Å². The Labute approximate surface area is 304 Å². The largest absolute Gasteiger partial charge is 0.466 e. The first-order valence-electron chi connectivity index (χ1n) is 21.2. The number of carbonyl (C=O) groups excluding carboxylic acids is 2. The summed E-state index contributed by atoms with van der Waals surface area (Å²) >= 11 is 0. The van der Waals surface area contributed by atoms with Gasteiger partial charge in [-0.2, -0.15) is 0 Å². The number of hydrogen-bond donors (Lipinski definition) is 1. The molecule has 6 nitrogen and oxygen atoms in total. The monoisotopic (exact) mass is 692 g/mol. The highest BCUT2D eigenvalue weighted by Crippen LogP contribution is 2.16. The van der Waals surface area contributed by atoms with Crippen molar-refractivity contribution in [3.8, 4) is 11.8 Å². The van der Waals surface area contributed by atoms with Crippen LogP contribution in [0.25, 0.3) is 0 Å². The van der Waals surface area contributed by atoms with Crippen LogP contribution < -0.4 is 0 Å². The lowest BCUT2D eigenvalue weighted by Crippen LogP contribution is -2.27. The van der Waals surface area contributed by atoms with Crippen LogP contribution in [0.1, 0.15) is 213 Å². The van der Waals surface area contributed by atoms with Gasteiger partial charge in [0, 0.05) is 38.8 Å². The predicted molar refractivity (Wildman–Crippen MR) is 208 cm³/mol. The zero-order valence-electron chi connectivity index (χ0n) is 32.9. The summed E-state index contributed by atoms with van der Waals surface area (Å²) in [4.78, 5) is 26.7. The molecule has 0 amide bonds. The van der Waals surface area contributed by atoms with E-state index in [4.69, 9.17) is 9.47 Å². The fourth-order valence-electron chi connectivity index (χ4n) is 6.19. The van der Waals surface area contributed by atoms with Crippen LogP contribution in [0.15, 0.2) is 0 Å². The molecule has 0 aliphatic heterocycles. The Morgan fingerprint density at radius 1 is 0.531 bits per heavy atom. The topological polar surface area (TPSA) is 76.1 Å². The second-order valence-corrected chi connectivity index (χ2v) is 14.3. The minimum Gasteiger partial charge on any atom is -0.466 e. The summed E-state index contributed by atoms with van der Waals surface area (Å²) in [5.41, 5.74) is 0. The summed E-state index contributed by atoms with van der Waals surface area (Å²) in [7, 11) is 0. The number of esters is 2. The number of unbranched alkanes of at least 4 members (excludes halogenated alkanes) is 19. The smallest absolute Gasteiger partial charge is 0.306 e. The molecule has 49 heavy (non-hydrogen) atoms. The fraction of sp³-hybridized carbons (Fsp3) is 0.907. The molecule has 0 saturated carbocycles. The number of aliphatic hydroxyl groups excluding tert-OH is 1. The first-order valence-corrected chi connectivity index (χ1v) is 21.2. The van der Waals surface area contributed by atoms with Gasteiger partial charge in [0.15, 0.2) is 0 Å². The molecule has 0 atom stereocenters. The molecule has 0 saturated heterocycles. The van der Waals surface area contributed by atoms with Gasteiger partial charge < -0.3 is 19.5 Å². The number of ether oxygens (including phenoxy) is 2. The molecule has 0 aromatic rings. The number of hydrogen-bond acceptors (Lipinski definition) is 6. The number of aliphatic hydroxyl groups is 1. The Morgan fingerprint density at radius 2 is 0.959 bits per heavy atom. The van der Waals surface area contributed by atoms with E-state index in [-0.39, 0.29) is 24.6 Å². The minimum atomic E-state index is -0.0497. The van der Waals surface area contributed by atoms with Crippen LogP contribution in [0.5, 0.6) is 0 Å². The van der Waals surface area contributed by atoms with Crippen LogP contribution in [0.4, 0.5) is 0 Å². The van der Waals surface area contributed by atoms with Gasteiger partial charge in [-0.15, -0.1) is 11.8 Å². The first-order chi connectivity index (χ1) is 24.1. The quantitative estimate of drug-likeness (QED) is 0.0397. The Hall–Kier alpha value is -1.58. The Kier molecular flexibility index (Phi) is 37.9. The zero-order valence-corrected chi connectivity index (χ0v) is 32.9. The maximum atomic E-state index is 12.3. The van der Waals surface area contributed by atoms with Crippen LogP contribution >= 0.6 is 0 Å². The Morgan fingerprint density at radius 3 is 1.45 bits per heavy atom. The average molecular weight is 692 g/mol. The lowest BCUT2D eigenvalue weighted by Gasteiger charge is -2.22. The maximum absolute atomic E-state index is 12.3. The molecule has 6 heteroatoms. The van der Waals surface area contributed by atoms with Gasteiger partial charge in [-0.05, 0) is 70.9 Å². The number of nitrogens with zero attached hydrogens (tertiary/aromatic N) is 1. The molecule has 0 radical (unpaired) electrons. The van der Waals surface area contributed by atoms with E-state index in [9.17, 15) is 14.7 Å². The Bertz CT molecular complexity index is 768. The van der Waals surface area contributed by atoms with Crippen molar-refractivity contribution in [2.75, 3.05) is 32.8 Å². The van der Waals surface area contributed by atoms with Crippen molar-refractivity contribution >= 4 is 11.9 Å². The van der Waals surface area contributed by atoms with Crippen molar-refractivity contribution in [1.29, 1.82) is 0 Å². The van der Waals surface area contributed by atoms with E-state index in [1.165, 1.54) is 89.9 Å². The van der Waals surface area contributed by atoms with E-state index >= 15 is 0 Å². The van der Waals surface area contributed by atoms with Gasteiger partial charge >= 0.3 is 11.9 Å². The second-order valence-electron chi connectivity index (χ2n) is 14.3. The fourth-order valence-corrected chi connectivity index (χ4v) is 6.19. The molecule has 288 valence electrons. The Balaban J connectivity index is 3.70. The van der Waals surface area contributed by atoms with Crippen molar-refractivity contribution in [2.24, 2.45) is 0 Å². The van der Waals surface area contributed by atoms with Crippen molar-refractivity contribution in [3.05, 3.63) is 0 Å². The third kappa shape index (κ3) is 36.0. The van der Waals surface area contributed by atoms with Gasteiger partial charge in [0.1, 0.15) is 6.10 Å². The molecular weight excluding hydrogens is 610 g/mol. The van der Waals surface area contributed by atoms with Crippen LogP contribution in [-0.2, 0) is 19.1 Å². The summed E-state index contributed by atoms with van der Waals surface area (Å²) in [6.45, 7) is 10.6. The lowest BCUT2D eigenvalue weighted by atomic mass is 10.0. The molecule has 0 spiro atoms.